The Kier molecular flexibility index (Phi) is 5.93. The number of carbonyl (C=O) groups excluding carboxylic acids is 1. The highest BCUT2D eigenvalue weighted by molar-refractivity contribution is 7.99. The number of rotatable bonds is 5. The topological polar surface area (TPSA) is 66.8 Å². The molecule has 1 saturated heterocycles. The molecule has 1 amide bonds. The average Bonchev–Trinajstić information content (AvgIpc) is 2.45. The molecule has 5 nitrogen and oxygen atoms in total. The number of aliphatic carboxylic acids is 1. The van der Waals surface area contributed by atoms with E-state index in [4.69, 9.17) is 9.84 Å². The van der Waals surface area contributed by atoms with Crippen LogP contribution in [0.5, 0.6) is 5.75 Å². The molecule has 0 radical (unpaired) electrons. The molecular weight excluding hydrogens is 314 g/mol. The molecule has 0 spiro atoms. The predicted octanol–water partition coefficient (Wildman–Crippen LogP) is 2.41. The van der Waals surface area contributed by atoms with E-state index in [1.54, 1.807) is 16.7 Å². The van der Waals surface area contributed by atoms with E-state index in [1.807, 2.05) is 32.9 Å². The minimum atomic E-state index is -0.874. The summed E-state index contributed by atoms with van der Waals surface area (Å²) in [6.07, 6.45) is -0.0126. The molecule has 1 aromatic rings. The molecule has 1 atom stereocenters. The van der Waals surface area contributed by atoms with Crippen molar-refractivity contribution in [2.24, 2.45) is 0 Å². The maximum atomic E-state index is 12.5. The minimum Gasteiger partial charge on any atom is -0.483 e. The summed E-state index contributed by atoms with van der Waals surface area (Å²) in [5, 5.41) is 8.99. The molecule has 6 heteroatoms. The Hall–Kier alpha value is -1.69. The maximum Gasteiger partial charge on any atom is 0.305 e. The number of aryl methyl sites for hydroxylation is 3. The van der Waals surface area contributed by atoms with Gasteiger partial charge in [-0.3, -0.25) is 9.59 Å². The molecule has 0 aliphatic carbocycles. The molecule has 1 aromatic carbocycles. The van der Waals surface area contributed by atoms with Crippen LogP contribution in [-0.4, -0.2) is 52.6 Å². The minimum absolute atomic E-state index is 0.0126. The zero-order valence-electron chi connectivity index (χ0n) is 13.8. The maximum absolute atomic E-state index is 12.5. The van der Waals surface area contributed by atoms with Gasteiger partial charge in [-0.2, -0.15) is 11.8 Å². The summed E-state index contributed by atoms with van der Waals surface area (Å²) in [5.74, 6) is 1.23. The van der Waals surface area contributed by atoms with E-state index in [0.29, 0.717) is 12.3 Å². The summed E-state index contributed by atoms with van der Waals surface area (Å²) in [7, 11) is 0. The Bertz CT molecular complexity index is 579. The number of nitrogens with zero attached hydrogens (tertiary/aromatic N) is 1. The highest BCUT2D eigenvalue weighted by Crippen LogP contribution is 2.25. The highest BCUT2D eigenvalue weighted by atomic mass is 32.2. The van der Waals surface area contributed by atoms with E-state index in [9.17, 15) is 9.59 Å². The Morgan fingerprint density at radius 2 is 1.96 bits per heavy atom. The first-order valence-electron chi connectivity index (χ1n) is 7.68. The van der Waals surface area contributed by atoms with E-state index in [0.717, 1.165) is 28.2 Å². The van der Waals surface area contributed by atoms with Crippen LogP contribution in [0.15, 0.2) is 12.1 Å². The fourth-order valence-electron chi connectivity index (χ4n) is 2.97. The van der Waals surface area contributed by atoms with Gasteiger partial charge in [0, 0.05) is 18.1 Å². The number of thioether (sulfide) groups is 1. The normalized spacial score (nSPS) is 17.9. The van der Waals surface area contributed by atoms with Crippen molar-refractivity contribution in [1.29, 1.82) is 0 Å². The lowest BCUT2D eigenvalue weighted by atomic mass is 10.1. The van der Waals surface area contributed by atoms with Crippen molar-refractivity contribution in [2.45, 2.75) is 33.2 Å². The molecule has 1 aliphatic heterocycles. The number of carboxylic acid groups (broad SMARTS) is 1. The zero-order chi connectivity index (χ0) is 17.0. The van der Waals surface area contributed by atoms with E-state index < -0.39 is 5.97 Å². The van der Waals surface area contributed by atoms with Crippen LogP contribution in [0.3, 0.4) is 0 Å². The van der Waals surface area contributed by atoms with Gasteiger partial charge in [-0.15, -0.1) is 0 Å². The molecule has 1 fully saturated rings. The molecule has 1 heterocycles. The van der Waals surface area contributed by atoms with Gasteiger partial charge in [-0.25, -0.2) is 0 Å². The molecule has 1 N–H and O–H groups in total. The van der Waals surface area contributed by atoms with Crippen LogP contribution in [0.1, 0.15) is 23.1 Å². The van der Waals surface area contributed by atoms with Gasteiger partial charge in [0.1, 0.15) is 5.75 Å². The van der Waals surface area contributed by atoms with Crippen molar-refractivity contribution in [2.75, 3.05) is 24.7 Å². The summed E-state index contributed by atoms with van der Waals surface area (Å²) in [6, 6.07) is 3.80. The lowest BCUT2D eigenvalue weighted by molar-refractivity contribution is -0.141. The predicted molar refractivity (Wildman–Crippen MR) is 91.2 cm³/mol. The second kappa shape index (κ2) is 7.73. The van der Waals surface area contributed by atoms with E-state index in [-0.39, 0.29) is 25.0 Å². The average molecular weight is 337 g/mol. The molecule has 2 rings (SSSR count). The van der Waals surface area contributed by atoms with Gasteiger partial charge in [0.2, 0.25) is 0 Å². The summed E-state index contributed by atoms with van der Waals surface area (Å²) < 4.78 is 5.75. The van der Waals surface area contributed by atoms with Crippen LogP contribution >= 0.6 is 11.8 Å². The molecular formula is C17H23NO4S. The third-order valence-electron chi connectivity index (χ3n) is 3.90. The lowest BCUT2D eigenvalue weighted by Gasteiger charge is -2.34. The Morgan fingerprint density at radius 1 is 1.30 bits per heavy atom. The van der Waals surface area contributed by atoms with Gasteiger partial charge in [-0.1, -0.05) is 17.7 Å². The van der Waals surface area contributed by atoms with E-state index >= 15 is 0 Å². The molecule has 126 valence electrons. The Labute approximate surface area is 141 Å². The molecule has 0 aromatic heterocycles. The van der Waals surface area contributed by atoms with Crippen LogP contribution < -0.4 is 4.74 Å². The third-order valence-corrected chi connectivity index (χ3v) is 4.99. The number of carbonyl (C=O) groups is 2. The van der Waals surface area contributed by atoms with Crippen molar-refractivity contribution >= 4 is 23.6 Å². The van der Waals surface area contributed by atoms with Gasteiger partial charge in [0.15, 0.2) is 6.61 Å². The van der Waals surface area contributed by atoms with E-state index in [1.165, 1.54) is 0 Å². The first-order valence-corrected chi connectivity index (χ1v) is 8.83. The van der Waals surface area contributed by atoms with Crippen molar-refractivity contribution in [1.82, 2.24) is 4.90 Å². The van der Waals surface area contributed by atoms with Crippen molar-refractivity contribution in [3.05, 3.63) is 28.8 Å². The Morgan fingerprint density at radius 3 is 2.57 bits per heavy atom. The standard InChI is InChI=1S/C17H23NO4S/c1-11-6-12(2)17(13(3)7-11)22-9-15(19)18-4-5-23-10-14(18)8-16(20)21/h6-7,14H,4-5,8-10H2,1-3H3,(H,20,21). The number of amides is 1. The summed E-state index contributed by atoms with van der Waals surface area (Å²) in [5.41, 5.74) is 3.17. The second-order valence-electron chi connectivity index (χ2n) is 5.93. The number of hydrogen-bond donors (Lipinski definition) is 1. The molecule has 23 heavy (non-hydrogen) atoms. The molecule has 1 aliphatic rings. The number of hydrogen-bond acceptors (Lipinski definition) is 4. The fourth-order valence-corrected chi connectivity index (χ4v) is 4.03. The number of ether oxygens (including phenoxy) is 1. The van der Waals surface area contributed by atoms with Gasteiger partial charge in [-0.05, 0) is 31.9 Å². The van der Waals surface area contributed by atoms with Crippen LogP contribution in [0.2, 0.25) is 0 Å². The summed E-state index contributed by atoms with van der Waals surface area (Å²) in [4.78, 5) is 25.1. The second-order valence-corrected chi connectivity index (χ2v) is 7.08. The quantitative estimate of drug-likeness (QED) is 0.894. The van der Waals surface area contributed by atoms with Crippen LogP contribution in [-0.2, 0) is 9.59 Å². The van der Waals surface area contributed by atoms with Crippen LogP contribution in [0.25, 0.3) is 0 Å². The van der Waals surface area contributed by atoms with E-state index in [2.05, 4.69) is 0 Å². The molecule has 0 saturated carbocycles. The van der Waals surface area contributed by atoms with Crippen LogP contribution in [0.4, 0.5) is 0 Å². The number of carboxylic acids is 1. The number of benzene rings is 1. The SMILES string of the molecule is Cc1cc(C)c(OCC(=O)N2CCSCC2CC(=O)O)c(C)c1. The molecule has 1 unspecified atom stereocenters. The fraction of sp³-hybridized carbons (Fsp3) is 0.529. The summed E-state index contributed by atoms with van der Waals surface area (Å²) in [6.45, 7) is 6.48. The monoisotopic (exact) mass is 337 g/mol. The largest absolute Gasteiger partial charge is 0.483 e. The van der Waals surface area contributed by atoms with Gasteiger partial charge >= 0.3 is 5.97 Å². The third kappa shape index (κ3) is 4.64. The Balaban J connectivity index is 2.02. The van der Waals surface area contributed by atoms with Gasteiger partial charge in [0.05, 0.1) is 12.5 Å². The van der Waals surface area contributed by atoms with Gasteiger partial charge < -0.3 is 14.7 Å². The van der Waals surface area contributed by atoms with Crippen LogP contribution in [0, 0.1) is 20.8 Å². The summed E-state index contributed by atoms with van der Waals surface area (Å²) >= 11 is 1.69. The van der Waals surface area contributed by atoms with Crippen molar-refractivity contribution in [3.8, 4) is 5.75 Å². The van der Waals surface area contributed by atoms with Crippen molar-refractivity contribution < 1.29 is 19.4 Å². The smallest absolute Gasteiger partial charge is 0.305 e. The lowest BCUT2D eigenvalue weighted by Crippen LogP contribution is -2.48. The first kappa shape index (κ1) is 17.7. The van der Waals surface area contributed by atoms with Gasteiger partial charge in [0.25, 0.3) is 5.91 Å². The first-order chi connectivity index (χ1) is 10.9. The highest BCUT2D eigenvalue weighted by Gasteiger charge is 2.29. The van der Waals surface area contributed by atoms with Crippen molar-refractivity contribution in [3.63, 3.8) is 0 Å². The molecule has 0 bridgehead atoms. The zero-order valence-corrected chi connectivity index (χ0v) is 14.6.